The van der Waals surface area contributed by atoms with Crippen molar-refractivity contribution in [2.75, 3.05) is 13.2 Å². The van der Waals surface area contributed by atoms with Crippen LogP contribution in [0.3, 0.4) is 0 Å². The molecule has 1 fully saturated rings. The smallest absolute Gasteiger partial charge is 0.246 e. The van der Waals surface area contributed by atoms with Crippen LogP contribution in [0.15, 0.2) is 54.0 Å². The van der Waals surface area contributed by atoms with Gasteiger partial charge in [-0.2, -0.15) is 0 Å². The third-order valence-corrected chi connectivity index (χ3v) is 10.2. The summed E-state index contributed by atoms with van der Waals surface area (Å²) in [7, 11) is 0. The zero-order chi connectivity index (χ0) is 37.8. The van der Waals surface area contributed by atoms with Gasteiger partial charge < -0.3 is 36.8 Å². The number of aromatic nitrogens is 1. The molecule has 1 aromatic heterocycles. The molecule has 1 aliphatic rings. The fourth-order valence-electron chi connectivity index (χ4n) is 6.17. The van der Waals surface area contributed by atoms with Gasteiger partial charge in [-0.15, -0.1) is 11.3 Å². The number of carbonyl (C=O) groups excluding carboxylic acids is 4. The average Bonchev–Trinajstić information content (AvgIpc) is 3.72. The maximum atomic E-state index is 13.9. The van der Waals surface area contributed by atoms with Gasteiger partial charge in [-0.3, -0.25) is 19.2 Å². The second-order valence-corrected chi connectivity index (χ2v) is 15.6. The van der Waals surface area contributed by atoms with E-state index in [2.05, 4.69) is 15.6 Å². The van der Waals surface area contributed by atoms with E-state index in [1.54, 1.807) is 11.3 Å². The lowest BCUT2D eigenvalue weighted by atomic mass is 9.85. The molecule has 0 saturated carbocycles. The molecule has 4 atom stereocenters. The molecule has 0 aliphatic carbocycles. The standard InChI is InChI=1S/C39H54N6O6S/c1-25-35(52-24-43-25)28-14-10-27(11-15-28)21-42-37(49)32-20-30(46)22-45(32)38(50)36(39(2,3)4)44-34(48)9-7-5-6-8-26-12-17-31(18-13-26)51-23-29(40)16-19-33(41)47/h10-15,17-18,24,29-30,32,36,46H,5-9,16,19-23,40H2,1-4H3,(H2,41,47)(H,42,49)(H,44,48)/t29-,30+,32-,36+/m0/s1. The highest BCUT2D eigenvalue weighted by Crippen LogP contribution is 2.28. The predicted molar refractivity (Wildman–Crippen MR) is 202 cm³/mol. The van der Waals surface area contributed by atoms with Gasteiger partial charge in [-0.25, -0.2) is 4.98 Å². The SMILES string of the molecule is Cc1ncsc1-c1ccc(CNC(=O)[C@@H]2C[C@@H](O)CN2C(=O)[C@@H](NC(=O)CCCCCc2ccc(OC[C@@H](N)CCC(N)=O)cc2)C(C)(C)C)cc1. The third kappa shape index (κ3) is 12.1. The van der Waals surface area contributed by atoms with Crippen LogP contribution in [-0.4, -0.2) is 76.0 Å². The number of primary amides is 1. The number of ether oxygens (including phenoxy) is 1. The van der Waals surface area contributed by atoms with E-state index >= 15 is 0 Å². The number of hydrogen-bond donors (Lipinski definition) is 5. The van der Waals surface area contributed by atoms with Crippen LogP contribution in [0.2, 0.25) is 0 Å². The van der Waals surface area contributed by atoms with E-state index in [-0.39, 0.29) is 62.0 Å². The van der Waals surface area contributed by atoms with Crippen LogP contribution in [0, 0.1) is 12.3 Å². The molecular weight excluding hydrogens is 681 g/mol. The molecule has 7 N–H and O–H groups in total. The molecule has 13 heteroatoms. The fraction of sp³-hybridized carbons (Fsp3) is 0.513. The Bertz CT molecular complexity index is 1640. The van der Waals surface area contributed by atoms with Gasteiger partial charge in [0, 0.05) is 38.4 Å². The van der Waals surface area contributed by atoms with Gasteiger partial charge in [0.15, 0.2) is 0 Å². The van der Waals surface area contributed by atoms with Crippen molar-refractivity contribution in [3.8, 4) is 16.2 Å². The van der Waals surface area contributed by atoms with Crippen molar-refractivity contribution in [2.24, 2.45) is 16.9 Å². The Kier molecular flexibility index (Phi) is 14.7. The van der Waals surface area contributed by atoms with E-state index in [0.29, 0.717) is 25.2 Å². The first-order valence-corrected chi connectivity index (χ1v) is 18.9. The average molecular weight is 735 g/mol. The predicted octanol–water partition coefficient (Wildman–Crippen LogP) is 4.00. The molecule has 0 bridgehead atoms. The minimum absolute atomic E-state index is 0.0276. The second kappa shape index (κ2) is 19.0. The van der Waals surface area contributed by atoms with E-state index in [1.165, 1.54) is 4.90 Å². The summed E-state index contributed by atoms with van der Waals surface area (Å²) < 4.78 is 5.71. The Morgan fingerprint density at radius 3 is 2.35 bits per heavy atom. The lowest BCUT2D eigenvalue weighted by Crippen LogP contribution is -2.57. The highest BCUT2D eigenvalue weighted by Gasteiger charge is 2.44. The van der Waals surface area contributed by atoms with Gasteiger partial charge in [0.05, 0.1) is 22.2 Å². The zero-order valence-electron chi connectivity index (χ0n) is 30.7. The lowest BCUT2D eigenvalue weighted by Gasteiger charge is -2.35. The van der Waals surface area contributed by atoms with Crippen molar-refractivity contribution < 1.29 is 29.0 Å². The number of aliphatic hydroxyl groups is 1. The van der Waals surface area contributed by atoms with E-state index < -0.39 is 23.6 Å². The summed E-state index contributed by atoms with van der Waals surface area (Å²) >= 11 is 1.58. The Hall–Kier alpha value is -4.33. The number of thiazole rings is 1. The van der Waals surface area contributed by atoms with Crippen LogP contribution in [0.4, 0.5) is 0 Å². The Morgan fingerprint density at radius 1 is 1.02 bits per heavy atom. The van der Waals surface area contributed by atoms with Crippen molar-refractivity contribution in [1.29, 1.82) is 0 Å². The molecule has 3 aromatic rings. The van der Waals surface area contributed by atoms with Crippen molar-refractivity contribution >= 4 is 35.0 Å². The van der Waals surface area contributed by atoms with Gasteiger partial charge in [0.25, 0.3) is 0 Å². The van der Waals surface area contributed by atoms with E-state index in [9.17, 15) is 24.3 Å². The van der Waals surface area contributed by atoms with Crippen molar-refractivity contribution in [2.45, 2.75) is 110 Å². The van der Waals surface area contributed by atoms with Crippen LogP contribution in [-0.2, 0) is 32.1 Å². The van der Waals surface area contributed by atoms with Crippen molar-refractivity contribution in [1.82, 2.24) is 20.5 Å². The monoisotopic (exact) mass is 734 g/mol. The molecule has 282 valence electrons. The Morgan fingerprint density at radius 2 is 1.71 bits per heavy atom. The zero-order valence-corrected chi connectivity index (χ0v) is 31.5. The van der Waals surface area contributed by atoms with Crippen LogP contribution in [0.5, 0.6) is 5.75 Å². The number of amides is 4. The molecular formula is C39H54N6O6S. The first kappa shape index (κ1) is 40.4. The first-order chi connectivity index (χ1) is 24.7. The summed E-state index contributed by atoms with van der Waals surface area (Å²) in [4.78, 5) is 58.1. The molecule has 12 nitrogen and oxygen atoms in total. The van der Waals surface area contributed by atoms with Gasteiger partial charge >= 0.3 is 0 Å². The number of nitrogens with one attached hydrogen (secondary N) is 2. The third-order valence-electron chi connectivity index (χ3n) is 9.23. The number of β-amino-alcohol motifs (C(OH)–C–C–N with tert-alkyl or cyclic N) is 1. The molecule has 2 aromatic carbocycles. The largest absolute Gasteiger partial charge is 0.492 e. The first-order valence-electron chi connectivity index (χ1n) is 18.0. The lowest BCUT2D eigenvalue weighted by molar-refractivity contribution is -0.144. The fourth-order valence-corrected chi connectivity index (χ4v) is 6.98. The summed E-state index contributed by atoms with van der Waals surface area (Å²) in [5.74, 6) is -0.604. The topological polar surface area (TPSA) is 190 Å². The number of likely N-dealkylation sites (tertiary alicyclic amines) is 1. The normalized spacial score (nSPS) is 17.0. The minimum Gasteiger partial charge on any atom is -0.492 e. The number of hydrogen-bond acceptors (Lipinski definition) is 9. The molecule has 2 heterocycles. The highest BCUT2D eigenvalue weighted by molar-refractivity contribution is 7.13. The molecule has 1 aliphatic heterocycles. The molecule has 0 spiro atoms. The summed E-state index contributed by atoms with van der Waals surface area (Å²) in [5.41, 5.74) is 16.4. The number of rotatable bonds is 18. The highest BCUT2D eigenvalue weighted by atomic mass is 32.1. The molecule has 4 amide bonds. The summed E-state index contributed by atoms with van der Waals surface area (Å²) in [6.07, 6.45) is 3.53. The van der Waals surface area contributed by atoms with E-state index in [4.69, 9.17) is 16.2 Å². The summed E-state index contributed by atoms with van der Waals surface area (Å²) in [6.45, 7) is 8.22. The number of aliphatic hydroxyl groups excluding tert-OH is 1. The van der Waals surface area contributed by atoms with E-state index in [1.807, 2.05) is 81.7 Å². The van der Waals surface area contributed by atoms with Gasteiger partial charge in [-0.1, -0.05) is 63.6 Å². The van der Waals surface area contributed by atoms with Crippen LogP contribution in [0.25, 0.3) is 10.4 Å². The Balaban J connectivity index is 1.22. The molecule has 1 saturated heterocycles. The minimum atomic E-state index is -0.859. The van der Waals surface area contributed by atoms with Gasteiger partial charge in [-0.05, 0) is 66.8 Å². The van der Waals surface area contributed by atoms with Gasteiger partial charge in [0.1, 0.15) is 24.4 Å². The van der Waals surface area contributed by atoms with Crippen LogP contribution >= 0.6 is 11.3 Å². The van der Waals surface area contributed by atoms with Crippen molar-refractivity contribution in [3.63, 3.8) is 0 Å². The second-order valence-electron chi connectivity index (χ2n) is 14.7. The quantitative estimate of drug-likeness (QED) is 0.121. The molecule has 4 rings (SSSR count). The number of nitrogens with zero attached hydrogens (tertiary/aromatic N) is 2. The molecule has 0 unspecified atom stereocenters. The van der Waals surface area contributed by atoms with Crippen molar-refractivity contribution in [3.05, 3.63) is 70.9 Å². The summed E-state index contributed by atoms with van der Waals surface area (Å²) in [5, 5.41) is 16.4. The molecule has 0 radical (unpaired) electrons. The van der Waals surface area contributed by atoms with Gasteiger partial charge in [0.2, 0.25) is 23.6 Å². The number of carbonyl (C=O) groups is 4. The number of benzene rings is 2. The Labute approximate surface area is 310 Å². The van der Waals surface area contributed by atoms with E-state index in [0.717, 1.165) is 46.5 Å². The number of unbranched alkanes of at least 4 members (excludes halogenated alkanes) is 2. The van der Waals surface area contributed by atoms with Crippen LogP contribution < -0.4 is 26.8 Å². The number of nitrogens with two attached hydrogens (primary N) is 2. The summed E-state index contributed by atoms with van der Waals surface area (Å²) in [6, 6.07) is 13.7. The maximum absolute atomic E-state index is 13.9. The number of aryl methyl sites for hydroxylation is 2. The van der Waals surface area contributed by atoms with Crippen LogP contribution in [0.1, 0.15) is 82.5 Å². The maximum Gasteiger partial charge on any atom is 0.246 e. The molecule has 52 heavy (non-hydrogen) atoms.